The lowest BCUT2D eigenvalue weighted by Crippen LogP contribution is -2.10. The molecule has 2 aromatic rings. The zero-order valence-corrected chi connectivity index (χ0v) is 10.7. The van der Waals surface area contributed by atoms with Crippen LogP contribution in [-0.2, 0) is 11.2 Å². The first kappa shape index (κ1) is 12.6. The lowest BCUT2D eigenvalue weighted by Gasteiger charge is -1.97. The minimum absolute atomic E-state index is 0.105. The third-order valence-corrected chi connectivity index (χ3v) is 2.64. The Bertz CT molecular complexity index is 535. The van der Waals surface area contributed by atoms with Gasteiger partial charge in [-0.1, -0.05) is 30.7 Å². The van der Waals surface area contributed by atoms with Crippen LogP contribution in [-0.4, -0.2) is 21.1 Å². The van der Waals surface area contributed by atoms with E-state index in [9.17, 15) is 4.79 Å². The van der Waals surface area contributed by atoms with Crippen molar-refractivity contribution in [3.05, 3.63) is 40.7 Å². The molecule has 0 aliphatic rings. The highest BCUT2D eigenvalue weighted by atomic mass is 35.5. The predicted molar refractivity (Wildman–Crippen MR) is 69.6 cm³/mol. The van der Waals surface area contributed by atoms with E-state index in [1.165, 1.54) is 0 Å². The van der Waals surface area contributed by atoms with Crippen LogP contribution in [0.15, 0.2) is 24.3 Å². The number of hydrogen-bond donors (Lipinski definition) is 2. The van der Waals surface area contributed by atoms with Crippen molar-refractivity contribution in [3.63, 3.8) is 0 Å². The van der Waals surface area contributed by atoms with Gasteiger partial charge in [0.1, 0.15) is 5.82 Å². The molecule has 2 N–H and O–H groups in total. The van der Waals surface area contributed by atoms with Crippen molar-refractivity contribution >= 4 is 23.5 Å². The third-order valence-electron chi connectivity index (χ3n) is 2.39. The maximum absolute atomic E-state index is 11.2. The Labute approximate surface area is 110 Å². The number of H-pyrrole nitrogens is 1. The lowest BCUT2D eigenvalue weighted by atomic mass is 10.1. The molecule has 0 fully saturated rings. The van der Waals surface area contributed by atoms with Crippen molar-refractivity contribution in [1.82, 2.24) is 15.2 Å². The second-order valence-electron chi connectivity index (χ2n) is 3.81. The standard InChI is InChI=1S/C12H13ClN4O/c1-2-11(18)15-12-14-10(16-17-12)7-8-3-5-9(13)6-4-8/h3-6H,2,7H2,1H3,(H2,14,15,16,17,18). The highest BCUT2D eigenvalue weighted by molar-refractivity contribution is 6.30. The van der Waals surface area contributed by atoms with E-state index in [4.69, 9.17) is 11.6 Å². The van der Waals surface area contributed by atoms with Gasteiger partial charge in [0.15, 0.2) is 0 Å². The number of carbonyl (C=O) groups is 1. The maximum atomic E-state index is 11.2. The van der Waals surface area contributed by atoms with Crippen molar-refractivity contribution in [2.24, 2.45) is 0 Å². The maximum Gasteiger partial charge on any atom is 0.248 e. The van der Waals surface area contributed by atoms with E-state index in [1.807, 2.05) is 24.3 Å². The van der Waals surface area contributed by atoms with Gasteiger partial charge < -0.3 is 0 Å². The molecule has 0 radical (unpaired) electrons. The highest BCUT2D eigenvalue weighted by Gasteiger charge is 2.06. The molecule has 5 nitrogen and oxygen atoms in total. The molecule has 1 aromatic heterocycles. The van der Waals surface area contributed by atoms with Crippen LogP contribution in [0, 0.1) is 0 Å². The molecule has 0 spiro atoms. The van der Waals surface area contributed by atoms with Crippen LogP contribution in [0.25, 0.3) is 0 Å². The zero-order valence-electron chi connectivity index (χ0n) is 9.90. The minimum Gasteiger partial charge on any atom is -0.293 e. The van der Waals surface area contributed by atoms with Gasteiger partial charge in [-0.25, -0.2) is 0 Å². The Morgan fingerprint density at radius 3 is 2.78 bits per heavy atom. The van der Waals surface area contributed by atoms with E-state index in [-0.39, 0.29) is 5.91 Å². The lowest BCUT2D eigenvalue weighted by molar-refractivity contribution is -0.115. The molecular formula is C12H13ClN4O. The monoisotopic (exact) mass is 264 g/mol. The van der Waals surface area contributed by atoms with E-state index in [2.05, 4.69) is 20.5 Å². The molecule has 18 heavy (non-hydrogen) atoms. The quantitative estimate of drug-likeness (QED) is 0.891. The molecule has 94 valence electrons. The SMILES string of the molecule is CCC(=O)Nc1n[nH]c(Cc2ccc(Cl)cc2)n1. The topological polar surface area (TPSA) is 70.7 Å². The number of halogens is 1. The van der Waals surface area contributed by atoms with Gasteiger partial charge in [-0.15, -0.1) is 5.10 Å². The molecule has 0 atom stereocenters. The van der Waals surface area contributed by atoms with E-state index < -0.39 is 0 Å². The summed E-state index contributed by atoms with van der Waals surface area (Å²) in [7, 11) is 0. The molecule has 0 aliphatic heterocycles. The average molecular weight is 265 g/mol. The second kappa shape index (κ2) is 5.64. The summed E-state index contributed by atoms with van der Waals surface area (Å²) in [6.07, 6.45) is 1.02. The molecule has 0 aliphatic carbocycles. The van der Waals surface area contributed by atoms with Crippen LogP contribution >= 0.6 is 11.6 Å². The van der Waals surface area contributed by atoms with Crippen LogP contribution in [0.4, 0.5) is 5.95 Å². The summed E-state index contributed by atoms with van der Waals surface area (Å²) >= 11 is 5.81. The largest absolute Gasteiger partial charge is 0.293 e. The van der Waals surface area contributed by atoms with Crippen LogP contribution in [0.3, 0.4) is 0 Å². The van der Waals surface area contributed by atoms with Crippen molar-refractivity contribution in [3.8, 4) is 0 Å². The Morgan fingerprint density at radius 1 is 1.39 bits per heavy atom. The molecular weight excluding hydrogens is 252 g/mol. The van der Waals surface area contributed by atoms with Gasteiger partial charge in [0.25, 0.3) is 0 Å². The number of nitrogens with zero attached hydrogens (tertiary/aromatic N) is 2. The molecule has 0 bridgehead atoms. The van der Waals surface area contributed by atoms with Gasteiger partial charge in [0.2, 0.25) is 11.9 Å². The summed E-state index contributed by atoms with van der Waals surface area (Å²) in [4.78, 5) is 15.4. The Morgan fingerprint density at radius 2 is 2.11 bits per heavy atom. The molecule has 1 aromatic carbocycles. The van der Waals surface area contributed by atoms with Crippen molar-refractivity contribution in [1.29, 1.82) is 0 Å². The number of aromatic nitrogens is 3. The van der Waals surface area contributed by atoms with E-state index in [0.29, 0.717) is 29.6 Å². The smallest absolute Gasteiger partial charge is 0.248 e. The summed E-state index contributed by atoms with van der Waals surface area (Å²) < 4.78 is 0. The number of aromatic amines is 1. The van der Waals surface area contributed by atoms with Crippen LogP contribution in [0.2, 0.25) is 5.02 Å². The fourth-order valence-corrected chi connectivity index (χ4v) is 1.56. The number of benzene rings is 1. The van der Waals surface area contributed by atoms with E-state index in [0.717, 1.165) is 5.56 Å². The molecule has 6 heteroatoms. The summed E-state index contributed by atoms with van der Waals surface area (Å²) in [6, 6.07) is 7.50. The van der Waals surface area contributed by atoms with Crippen LogP contribution in [0.5, 0.6) is 0 Å². The molecule has 1 heterocycles. The van der Waals surface area contributed by atoms with Crippen molar-refractivity contribution < 1.29 is 4.79 Å². The Balaban J connectivity index is 2.02. The molecule has 1 amide bonds. The zero-order chi connectivity index (χ0) is 13.0. The van der Waals surface area contributed by atoms with Crippen molar-refractivity contribution in [2.75, 3.05) is 5.32 Å². The fraction of sp³-hybridized carbons (Fsp3) is 0.250. The van der Waals surface area contributed by atoms with Gasteiger partial charge in [-0.2, -0.15) is 4.98 Å². The van der Waals surface area contributed by atoms with Gasteiger partial charge >= 0.3 is 0 Å². The van der Waals surface area contributed by atoms with E-state index >= 15 is 0 Å². The average Bonchev–Trinajstić information content (AvgIpc) is 2.79. The first-order valence-corrected chi connectivity index (χ1v) is 6.00. The first-order valence-electron chi connectivity index (χ1n) is 5.63. The van der Waals surface area contributed by atoms with Crippen LogP contribution in [0.1, 0.15) is 24.7 Å². The van der Waals surface area contributed by atoms with Gasteiger partial charge in [0.05, 0.1) is 0 Å². The van der Waals surface area contributed by atoms with Crippen molar-refractivity contribution in [2.45, 2.75) is 19.8 Å². The van der Waals surface area contributed by atoms with E-state index in [1.54, 1.807) is 6.92 Å². The minimum atomic E-state index is -0.105. The van der Waals surface area contributed by atoms with Gasteiger partial charge in [0, 0.05) is 17.9 Å². The molecule has 0 saturated carbocycles. The molecule has 2 rings (SSSR count). The van der Waals surface area contributed by atoms with Gasteiger partial charge in [-0.05, 0) is 17.7 Å². The summed E-state index contributed by atoms with van der Waals surface area (Å²) in [5.41, 5.74) is 1.07. The summed E-state index contributed by atoms with van der Waals surface area (Å²) in [5.74, 6) is 0.904. The highest BCUT2D eigenvalue weighted by Crippen LogP contribution is 2.12. The Hall–Kier alpha value is -1.88. The number of hydrogen-bond acceptors (Lipinski definition) is 3. The van der Waals surface area contributed by atoms with Crippen LogP contribution < -0.4 is 5.32 Å². The molecule has 0 saturated heterocycles. The summed E-state index contributed by atoms with van der Waals surface area (Å²) in [5, 5.41) is 10.0. The predicted octanol–water partition coefficient (Wildman–Crippen LogP) is 2.40. The third kappa shape index (κ3) is 3.30. The Kier molecular flexibility index (Phi) is 3.94. The number of amides is 1. The number of nitrogens with one attached hydrogen (secondary N) is 2. The van der Waals surface area contributed by atoms with Gasteiger partial charge in [-0.3, -0.25) is 15.2 Å². The number of anilines is 1. The number of carbonyl (C=O) groups excluding carboxylic acids is 1. The fourth-order valence-electron chi connectivity index (χ4n) is 1.44. The molecule has 0 unspecified atom stereocenters. The normalized spacial score (nSPS) is 10.3. The summed E-state index contributed by atoms with van der Waals surface area (Å²) in [6.45, 7) is 1.77. The number of rotatable bonds is 4. The first-order chi connectivity index (χ1) is 8.67. The second-order valence-corrected chi connectivity index (χ2v) is 4.25.